The van der Waals surface area contributed by atoms with Crippen LogP contribution in [0.4, 0.5) is 0 Å². The van der Waals surface area contributed by atoms with Crippen molar-refractivity contribution in [1.82, 2.24) is 0 Å². The molecule has 0 aliphatic heterocycles. The third-order valence-electron chi connectivity index (χ3n) is 0.573. The van der Waals surface area contributed by atoms with Crippen molar-refractivity contribution < 1.29 is 9.53 Å². The molecule has 0 aromatic heterocycles. The molecule has 1 atom stereocenters. The maximum atomic E-state index is 10.2. The maximum absolute atomic E-state index is 10.2. The lowest BCUT2D eigenvalue weighted by molar-refractivity contribution is -0.141. The van der Waals surface area contributed by atoms with E-state index in [1.807, 2.05) is 0 Å². The van der Waals surface area contributed by atoms with Crippen molar-refractivity contribution in [3.63, 3.8) is 0 Å². The van der Waals surface area contributed by atoms with Crippen LogP contribution in [-0.2, 0) is 9.53 Å². The predicted molar refractivity (Wildman–Crippen MR) is 46.2 cm³/mol. The summed E-state index contributed by atoms with van der Waals surface area (Å²) in [6, 6.07) is -0.495. The number of carbonyl (C=O) groups is 1. The second-order valence-corrected chi connectivity index (χ2v) is 3.04. The fourth-order valence-corrected chi connectivity index (χ4v) is 0.186. The quantitative estimate of drug-likeness (QED) is 0.587. The predicted octanol–water partition coefficient (Wildman–Crippen LogP) is 1.17. The summed E-state index contributed by atoms with van der Waals surface area (Å²) >= 11 is 0. The molecule has 0 rings (SSSR count). The molecular weight excluding hydrogens is 142 g/mol. The molecule has 0 aromatic rings. The van der Waals surface area contributed by atoms with Crippen molar-refractivity contribution in [3.8, 4) is 0 Å². The Morgan fingerprint density at radius 2 is 1.55 bits per heavy atom. The first kappa shape index (κ1) is 13.1. The third kappa shape index (κ3) is 17.7. The van der Waals surface area contributed by atoms with Gasteiger partial charge in [0.05, 0.1) is 7.11 Å². The zero-order chi connectivity index (χ0) is 9.44. The lowest BCUT2D eigenvalue weighted by atomic mass is 10.3. The van der Waals surface area contributed by atoms with Gasteiger partial charge in [-0.2, -0.15) is 0 Å². The summed E-state index contributed by atoms with van der Waals surface area (Å²) in [5.41, 5.74) is 5.07. The van der Waals surface area contributed by atoms with Crippen LogP contribution in [0.3, 0.4) is 0 Å². The van der Waals surface area contributed by atoms with Crippen LogP contribution >= 0.6 is 0 Å². The topological polar surface area (TPSA) is 52.3 Å². The van der Waals surface area contributed by atoms with Gasteiger partial charge in [-0.25, -0.2) is 0 Å². The van der Waals surface area contributed by atoms with Crippen LogP contribution in [0.1, 0.15) is 27.7 Å². The van der Waals surface area contributed by atoms with Crippen LogP contribution in [0.2, 0.25) is 0 Å². The number of rotatable bonds is 1. The Hall–Kier alpha value is -0.570. The molecule has 0 heterocycles. The van der Waals surface area contributed by atoms with Gasteiger partial charge in [0.25, 0.3) is 0 Å². The SMILES string of the molecule is CC(C)C.COC(=O)[C@H](C)N. The zero-order valence-corrected chi connectivity index (χ0v) is 8.05. The summed E-state index contributed by atoms with van der Waals surface area (Å²) in [4.78, 5) is 10.2. The van der Waals surface area contributed by atoms with E-state index < -0.39 is 6.04 Å². The van der Waals surface area contributed by atoms with Gasteiger partial charge in [0, 0.05) is 0 Å². The largest absolute Gasteiger partial charge is 0.468 e. The first-order chi connectivity index (χ1) is 4.91. The molecule has 11 heavy (non-hydrogen) atoms. The van der Waals surface area contributed by atoms with E-state index in [0.29, 0.717) is 0 Å². The number of hydrogen-bond donors (Lipinski definition) is 1. The Labute approximate surface area is 68.9 Å². The molecule has 0 unspecified atom stereocenters. The summed E-state index contributed by atoms with van der Waals surface area (Å²) in [5, 5.41) is 0. The molecule has 68 valence electrons. The minimum Gasteiger partial charge on any atom is -0.468 e. The number of ether oxygens (including phenoxy) is 1. The fourth-order valence-electron chi connectivity index (χ4n) is 0.186. The van der Waals surface area contributed by atoms with Crippen LogP contribution in [-0.4, -0.2) is 19.1 Å². The first-order valence-corrected chi connectivity index (χ1v) is 3.75. The molecule has 0 spiro atoms. The highest BCUT2D eigenvalue weighted by Crippen LogP contribution is 1.81. The van der Waals surface area contributed by atoms with Crippen molar-refractivity contribution in [2.45, 2.75) is 33.7 Å². The van der Waals surface area contributed by atoms with Gasteiger partial charge in [0.1, 0.15) is 6.04 Å². The van der Waals surface area contributed by atoms with E-state index in [2.05, 4.69) is 25.5 Å². The van der Waals surface area contributed by atoms with E-state index in [1.54, 1.807) is 6.92 Å². The van der Waals surface area contributed by atoms with Crippen LogP contribution in [0, 0.1) is 5.92 Å². The van der Waals surface area contributed by atoms with E-state index in [9.17, 15) is 4.79 Å². The fraction of sp³-hybridized carbons (Fsp3) is 0.875. The second-order valence-electron chi connectivity index (χ2n) is 3.04. The molecule has 2 N–H and O–H groups in total. The van der Waals surface area contributed by atoms with Gasteiger partial charge in [-0.15, -0.1) is 0 Å². The highest BCUT2D eigenvalue weighted by molar-refractivity contribution is 5.74. The Morgan fingerprint density at radius 1 is 1.27 bits per heavy atom. The monoisotopic (exact) mass is 161 g/mol. The number of esters is 1. The van der Waals surface area contributed by atoms with Crippen molar-refractivity contribution in [2.24, 2.45) is 11.7 Å². The van der Waals surface area contributed by atoms with Gasteiger partial charge in [-0.1, -0.05) is 20.8 Å². The number of hydrogen-bond acceptors (Lipinski definition) is 3. The molecule has 0 amide bonds. The molecule has 0 aliphatic rings. The normalized spacial score (nSPS) is 11.5. The number of methoxy groups -OCH3 is 1. The number of nitrogens with two attached hydrogens (primary N) is 1. The van der Waals surface area contributed by atoms with Gasteiger partial charge in [-0.3, -0.25) is 4.79 Å². The smallest absolute Gasteiger partial charge is 0.322 e. The minimum absolute atomic E-state index is 0.375. The molecule has 0 saturated carbocycles. The Kier molecular flexibility index (Phi) is 8.94. The van der Waals surface area contributed by atoms with Crippen molar-refractivity contribution in [2.75, 3.05) is 7.11 Å². The molecule has 0 bridgehead atoms. The highest BCUT2D eigenvalue weighted by Gasteiger charge is 2.03. The van der Waals surface area contributed by atoms with Gasteiger partial charge >= 0.3 is 5.97 Å². The van der Waals surface area contributed by atoms with E-state index in [-0.39, 0.29) is 5.97 Å². The first-order valence-electron chi connectivity index (χ1n) is 3.75. The second kappa shape index (κ2) is 7.54. The Balaban J connectivity index is 0. The summed E-state index contributed by atoms with van der Waals surface area (Å²) < 4.78 is 4.25. The average Bonchev–Trinajstić information content (AvgIpc) is 1.85. The summed E-state index contributed by atoms with van der Waals surface area (Å²) in [5.74, 6) is 0.458. The maximum Gasteiger partial charge on any atom is 0.322 e. The molecule has 0 aliphatic carbocycles. The Morgan fingerprint density at radius 3 is 1.55 bits per heavy atom. The highest BCUT2D eigenvalue weighted by atomic mass is 16.5. The van der Waals surface area contributed by atoms with E-state index in [0.717, 1.165) is 5.92 Å². The van der Waals surface area contributed by atoms with E-state index in [1.165, 1.54) is 7.11 Å². The van der Waals surface area contributed by atoms with Gasteiger partial charge in [-0.05, 0) is 12.8 Å². The molecular formula is C8H19NO2. The van der Waals surface area contributed by atoms with Crippen LogP contribution in [0.15, 0.2) is 0 Å². The van der Waals surface area contributed by atoms with Crippen molar-refractivity contribution in [3.05, 3.63) is 0 Å². The lowest BCUT2D eigenvalue weighted by Crippen LogP contribution is -2.27. The zero-order valence-electron chi connectivity index (χ0n) is 8.05. The average molecular weight is 161 g/mol. The third-order valence-corrected chi connectivity index (χ3v) is 0.573. The van der Waals surface area contributed by atoms with Gasteiger partial charge in [0.15, 0.2) is 0 Å². The van der Waals surface area contributed by atoms with Gasteiger partial charge in [0.2, 0.25) is 0 Å². The summed E-state index contributed by atoms with van der Waals surface area (Å²) in [6.07, 6.45) is 0. The molecule has 0 aromatic carbocycles. The lowest BCUT2D eigenvalue weighted by Gasteiger charge is -1.98. The van der Waals surface area contributed by atoms with Crippen LogP contribution in [0.5, 0.6) is 0 Å². The van der Waals surface area contributed by atoms with Crippen molar-refractivity contribution in [1.29, 1.82) is 0 Å². The molecule has 3 heteroatoms. The van der Waals surface area contributed by atoms with Crippen LogP contribution in [0.25, 0.3) is 0 Å². The number of carbonyl (C=O) groups excluding carboxylic acids is 1. The van der Waals surface area contributed by atoms with Crippen LogP contribution < -0.4 is 5.73 Å². The van der Waals surface area contributed by atoms with E-state index >= 15 is 0 Å². The standard InChI is InChI=1S/C4H9NO2.C4H10/c1-3(5)4(6)7-2;1-4(2)3/h3H,5H2,1-2H3;4H,1-3H3/t3-;/m0./s1. The minimum atomic E-state index is -0.495. The summed E-state index contributed by atoms with van der Waals surface area (Å²) in [6.45, 7) is 8.08. The molecule has 0 fully saturated rings. The summed E-state index contributed by atoms with van der Waals surface area (Å²) in [7, 11) is 1.31. The Bertz CT molecular complexity index is 97.5. The van der Waals surface area contributed by atoms with Gasteiger partial charge < -0.3 is 10.5 Å². The van der Waals surface area contributed by atoms with Crippen molar-refractivity contribution >= 4 is 5.97 Å². The van der Waals surface area contributed by atoms with E-state index in [4.69, 9.17) is 5.73 Å². The molecule has 0 radical (unpaired) electrons. The molecule has 3 nitrogen and oxygen atoms in total. The molecule has 0 saturated heterocycles.